The molecule has 5 N–H and O–H groups in total. The molecule has 12 nitrogen and oxygen atoms in total. The molecule has 8 aromatic rings. The molecule has 0 spiro atoms. The Morgan fingerprint density at radius 3 is 1.85 bits per heavy atom. The van der Waals surface area contributed by atoms with Gasteiger partial charge in [-0.3, -0.25) is 9.59 Å². The van der Waals surface area contributed by atoms with Crippen LogP contribution in [0.25, 0.3) is 38.9 Å². The quantitative estimate of drug-likeness (QED) is 0.0243. The monoisotopic (exact) mass is 1120 g/mol. The molecule has 430 valence electrons. The van der Waals surface area contributed by atoms with E-state index in [4.69, 9.17) is 9.98 Å². The highest BCUT2D eigenvalue weighted by molar-refractivity contribution is 6.13. The van der Waals surface area contributed by atoms with Crippen LogP contribution in [0.1, 0.15) is 114 Å². The summed E-state index contributed by atoms with van der Waals surface area (Å²) in [5.41, 5.74) is 23.9. The molecule has 10 rings (SSSR count). The van der Waals surface area contributed by atoms with Gasteiger partial charge in [0.1, 0.15) is 11.0 Å². The van der Waals surface area contributed by atoms with Gasteiger partial charge in [-0.25, -0.2) is 9.98 Å². The fourth-order valence-electron chi connectivity index (χ4n) is 11.7. The summed E-state index contributed by atoms with van der Waals surface area (Å²) < 4.78 is 2.35. The summed E-state index contributed by atoms with van der Waals surface area (Å²) in [6.45, 7) is 16.1. The van der Waals surface area contributed by atoms with Crippen LogP contribution in [0.5, 0.6) is 0 Å². The lowest BCUT2D eigenvalue weighted by Gasteiger charge is -2.32. The van der Waals surface area contributed by atoms with E-state index in [1.165, 1.54) is 33.6 Å². The molecule has 0 bridgehead atoms. The van der Waals surface area contributed by atoms with Crippen LogP contribution in [0.4, 0.5) is 34.1 Å². The second-order valence-electron chi connectivity index (χ2n) is 22.9. The molecular weight excluding hydrogens is 1040 g/mol. The number of benzene rings is 7. The smallest absolute Gasteiger partial charge is 0.251 e. The maximum atomic E-state index is 13.1. The first-order valence-corrected chi connectivity index (χ1v) is 29.9. The summed E-state index contributed by atoms with van der Waals surface area (Å²) in [7, 11) is 8.35. The third-order valence-electron chi connectivity index (χ3n) is 16.4. The van der Waals surface area contributed by atoms with E-state index in [2.05, 4.69) is 207 Å². The number of para-hydroxylation sites is 2. The molecule has 2 heterocycles. The van der Waals surface area contributed by atoms with Crippen molar-refractivity contribution in [3.63, 3.8) is 0 Å². The minimum absolute atomic E-state index is 0.0699. The fourth-order valence-corrected chi connectivity index (χ4v) is 11.7. The molecule has 2 aliphatic rings. The number of nitrogens with zero attached hydrogens (tertiary/aromatic N) is 5. The number of fused-ring (bicyclic) bond motifs is 4. The number of allylic oxidation sites excluding steroid dienone is 4. The molecule has 1 aliphatic carbocycles. The van der Waals surface area contributed by atoms with Crippen molar-refractivity contribution < 1.29 is 14.2 Å². The van der Waals surface area contributed by atoms with E-state index in [0.29, 0.717) is 24.2 Å². The van der Waals surface area contributed by atoms with E-state index in [-0.39, 0.29) is 17.7 Å². The molecule has 1 aliphatic heterocycles. The standard InChI is InChI=1S/C72H80N10O2/c1-47-44-63(77-59-35-38-66(81(8)9)68-50(4)57-25-17-18-26-58(57)79-69(59)68)49(3)43-61(47)73-39-19-10-12-21-41-75-71(83)54-31-27-52(28-32-54)53-29-33-55(34-30-53)72(84)76-42-22-13-11-20-40-74-62-46-67-64(45-48(62)2)78-60-36-37-65(80(6)7)51(5)70(60)82(67)56-23-15-14-16-24-56/h14-18,23-38,43-46,50,73,79H,3,10-13,19-22,39-42H2,1-2,4-9H3,(H2,75,76,83,84)/p+1. The van der Waals surface area contributed by atoms with Gasteiger partial charge in [-0.15, -0.1) is 4.57 Å². The predicted octanol–water partition coefficient (Wildman–Crippen LogP) is 14.7. The molecule has 84 heavy (non-hydrogen) atoms. The van der Waals surface area contributed by atoms with Crippen LogP contribution >= 0.6 is 0 Å². The second-order valence-corrected chi connectivity index (χ2v) is 22.9. The number of amides is 2. The lowest BCUT2D eigenvalue weighted by atomic mass is 9.85. The summed E-state index contributed by atoms with van der Waals surface area (Å²) in [6.07, 6.45) is 12.3. The normalized spacial score (nSPS) is 14.1. The van der Waals surface area contributed by atoms with Crippen molar-refractivity contribution in [2.24, 2.45) is 4.99 Å². The number of aliphatic imine (C=N–C) groups is 1. The van der Waals surface area contributed by atoms with E-state index < -0.39 is 0 Å². The maximum absolute atomic E-state index is 13.1. The van der Waals surface area contributed by atoms with Gasteiger partial charge in [-0.1, -0.05) is 99.8 Å². The van der Waals surface area contributed by atoms with Gasteiger partial charge in [-0.05, 0) is 153 Å². The summed E-state index contributed by atoms with van der Waals surface area (Å²) in [4.78, 5) is 40.8. The number of aromatic nitrogens is 2. The molecule has 0 saturated heterocycles. The minimum Gasteiger partial charge on any atom is -0.385 e. The van der Waals surface area contributed by atoms with E-state index in [9.17, 15) is 9.59 Å². The van der Waals surface area contributed by atoms with Gasteiger partial charge in [0.2, 0.25) is 16.7 Å². The first-order valence-electron chi connectivity index (χ1n) is 29.9. The van der Waals surface area contributed by atoms with Crippen LogP contribution in [-0.2, 0) is 0 Å². The third kappa shape index (κ3) is 13.1. The van der Waals surface area contributed by atoms with E-state index in [1.807, 2.05) is 48.5 Å². The topological polar surface area (TPSA) is 130 Å². The van der Waals surface area contributed by atoms with Crippen LogP contribution in [0, 0.1) is 13.8 Å². The molecule has 0 fully saturated rings. The number of rotatable bonds is 23. The molecule has 0 radical (unpaired) electrons. The molecule has 2 amide bonds. The Bertz CT molecular complexity index is 3820. The summed E-state index contributed by atoms with van der Waals surface area (Å²) in [5.74, 6) is 0.0838. The van der Waals surface area contributed by atoms with E-state index in [1.54, 1.807) is 0 Å². The Morgan fingerprint density at radius 1 is 0.631 bits per heavy atom. The average Bonchev–Trinajstić information content (AvgIpc) is 2.50. The van der Waals surface area contributed by atoms with Crippen LogP contribution in [0.3, 0.4) is 0 Å². The fraction of sp³-hybridized carbons (Fsp3) is 0.292. The highest BCUT2D eigenvalue weighted by Crippen LogP contribution is 2.49. The largest absolute Gasteiger partial charge is 0.385 e. The van der Waals surface area contributed by atoms with Gasteiger partial charge in [0.05, 0.1) is 17.1 Å². The number of aryl methyl sites for hydroxylation is 2. The number of nitrogens with one attached hydrogen (secondary N) is 5. The summed E-state index contributed by atoms with van der Waals surface area (Å²) in [5, 5.41) is 17.3. The number of anilines is 5. The van der Waals surface area contributed by atoms with Gasteiger partial charge in [0.25, 0.3) is 11.8 Å². The predicted molar refractivity (Wildman–Crippen MR) is 351 cm³/mol. The third-order valence-corrected chi connectivity index (χ3v) is 16.4. The molecule has 1 atom stereocenters. The Balaban J connectivity index is 0.609. The van der Waals surface area contributed by atoms with Crippen molar-refractivity contribution in [1.29, 1.82) is 0 Å². The summed E-state index contributed by atoms with van der Waals surface area (Å²) >= 11 is 0. The van der Waals surface area contributed by atoms with Gasteiger partial charge in [0, 0.05) is 129 Å². The number of carbonyl (C=O) groups is 2. The first-order chi connectivity index (χ1) is 40.7. The number of hydrogen-bond acceptors (Lipinski definition) is 9. The van der Waals surface area contributed by atoms with Crippen LogP contribution in [0.15, 0.2) is 180 Å². The minimum atomic E-state index is -0.0719. The van der Waals surface area contributed by atoms with E-state index in [0.717, 1.165) is 149 Å². The molecule has 1 unspecified atom stereocenters. The number of unbranched alkanes of at least 4 members (excludes halogenated alkanes) is 6. The van der Waals surface area contributed by atoms with Crippen molar-refractivity contribution >= 4 is 73.7 Å². The van der Waals surface area contributed by atoms with Gasteiger partial charge in [-0.2, -0.15) is 0 Å². The highest BCUT2D eigenvalue weighted by Gasteiger charge is 2.29. The summed E-state index contributed by atoms with van der Waals surface area (Å²) in [6, 6.07) is 47.4. The van der Waals surface area contributed by atoms with Crippen molar-refractivity contribution in [3.8, 4) is 16.8 Å². The van der Waals surface area contributed by atoms with Crippen molar-refractivity contribution in [2.45, 2.75) is 85.0 Å². The molecular formula is C72H81N10O2+. The zero-order valence-electron chi connectivity index (χ0n) is 50.3. The van der Waals surface area contributed by atoms with Gasteiger partial charge < -0.3 is 36.4 Å². The zero-order chi connectivity index (χ0) is 58.9. The molecule has 12 heteroatoms. The Morgan fingerprint density at radius 2 is 1.21 bits per heavy atom. The van der Waals surface area contributed by atoms with Crippen molar-refractivity contribution in [1.82, 2.24) is 20.9 Å². The molecule has 1 aromatic heterocycles. The highest BCUT2D eigenvalue weighted by atomic mass is 16.2. The van der Waals surface area contributed by atoms with Crippen LogP contribution < -0.4 is 41.0 Å². The second kappa shape index (κ2) is 26.5. The Kier molecular flexibility index (Phi) is 18.3. The van der Waals surface area contributed by atoms with Gasteiger partial charge >= 0.3 is 0 Å². The van der Waals surface area contributed by atoms with E-state index >= 15 is 0 Å². The lowest BCUT2D eigenvalue weighted by Crippen LogP contribution is -2.34. The average molecular weight is 1120 g/mol. The van der Waals surface area contributed by atoms with Crippen LogP contribution in [0.2, 0.25) is 0 Å². The van der Waals surface area contributed by atoms with Crippen molar-refractivity contribution in [3.05, 3.63) is 208 Å². The Labute approximate surface area is 496 Å². The molecule has 0 saturated carbocycles. The Hall–Kier alpha value is -9.03. The number of carbonyl (C=O) groups excluding carboxylic acids is 2. The first kappa shape index (κ1) is 58.2. The van der Waals surface area contributed by atoms with Crippen molar-refractivity contribution in [2.75, 3.05) is 74.8 Å². The van der Waals surface area contributed by atoms with Crippen LogP contribution in [-0.4, -0.2) is 76.9 Å². The van der Waals surface area contributed by atoms with Gasteiger partial charge in [0.15, 0.2) is 0 Å². The maximum Gasteiger partial charge on any atom is 0.251 e. The SMILES string of the molecule is C=C1C=C(NCCCCCCNC(=O)c2ccc(-c3ccc(C(=O)NCCCCCCNc4cc5c(cc4C)nc4ccc(N(C)C)c(C)c4[n+]5-c4ccccc4)cc3)cc2)C(C)=CC1=Nc1ccc(N(C)C)c2c1Nc1ccccc1C2C. The number of hydrogen-bond donors (Lipinski definition) is 5. The zero-order valence-corrected chi connectivity index (χ0v) is 50.3. The lowest BCUT2D eigenvalue weighted by molar-refractivity contribution is -0.538. The molecule has 7 aromatic carbocycles.